The van der Waals surface area contributed by atoms with Gasteiger partial charge in [0.05, 0.1) is 6.54 Å². The lowest BCUT2D eigenvalue weighted by atomic mass is 10.0. The molecule has 1 aromatic heterocycles. The average Bonchev–Trinajstić information content (AvgIpc) is 3.38. The third kappa shape index (κ3) is 3.45. The van der Waals surface area contributed by atoms with E-state index in [1.54, 1.807) is 0 Å². The number of hydrogen-bond donors (Lipinski definition) is 0. The van der Waals surface area contributed by atoms with Crippen LogP contribution in [0.15, 0.2) is 47.0 Å². The number of halogens is 1. The Morgan fingerprint density at radius 1 is 1.04 bits per heavy atom. The van der Waals surface area contributed by atoms with Crippen LogP contribution in [0.1, 0.15) is 30.3 Å². The quantitative estimate of drug-likeness (QED) is 0.646. The molecule has 0 spiro atoms. The van der Waals surface area contributed by atoms with Crippen molar-refractivity contribution in [1.82, 2.24) is 15.0 Å². The lowest BCUT2D eigenvalue weighted by Gasteiger charge is -2.25. The maximum atomic E-state index is 5.95. The van der Waals surface area contributed by atoms with Crippen molar-refractivity contribution in [2.75, 3.05) is 19.8 Å². The Kier molecular flexibility index (Phi) is 4.66. The van der Waals surface area contributed by atoms with E-state index in [1.807, 2.05) is 30.3 Å². The molecule has 0 N–H and O–H groups in total. The molecule has 1 unspecified atom stereocenters. The van der Waals surface area contributed by atoms with Crippen molar-refractivity contribution < 1.29 is 14.0 Å². The first-order chi connectivity index (χ1) is 13.8. The first-order valence-electron chi connectivity index (χ1n) is 9.48. The maximum absolute atomic E-state index is 5.95. The number of rotatable bonds is 4. The van der Waals surface area contributed by atoms with Crippen LogP contribution in [0.4, 0.5) is 0 Å². The van der Waals surface area contributed by atoms with Gasteiger partial charge in [-0.2, -0.15) is 4.98 Å². The predicted molar refractivity (Wildman–Crippen MR) is 105 cm³/mol. The molecule has 0 amide bonds. The molecule has 0 radical (unpaired) electrons. The first-order valence-corrected chi connectivity index (χ1v) is 9.86. The van der Waals surface area contributed by atoms with E-state index in [0.717, 1.165) is 36.4 Å². The van der Waals surface area contributed by atoms with E-state index in [4.69, 9.17) is 25.6 Å². The van der Waals surface area contributed by atoms with E-state index in [1.165, 1.54) is 5.56 Å². The molecule has 2 aliphatic heterocycles. The summed E-state index contributed by atoms with van der Waals surface area (Å²) in [6.07, 6.45) is 2.23. The van der Waals surface area contributed by atoms with Crippen LogP contribution in [-0.4, -0.2) is 34.8 Å². The van der Waals surface area contributed by atoms with Crippen LogP contribution >= 0.6 is 11.6 Å². The highest BCUT2D eigenvalue weighted by Crippen LogP contribution is 2.38. The minimum absolute atomic E-state index is 0.307. The van der Waals surface area contributed by atoms with E-state index in [9.17, 15) is 0 Å². The van der Waals surface area contributed by atoms with E-state index < -0.39 is 0 Å². The molecule has 1 saturated heterocycles. The topological polar surface area (TPSA) is 60.6 Å². The van der Waals surface area contributed by atoms with Gasteiger partial charge in [0.15, 0.2) is 11.5 Å². The molecule has 2 aromatic carbocycles. The number of fused-ring (bicyclic) bond motifs is 1. The van der Waals surface area contributed by atoms with E-state index in [-0.39, 0.29) is 0 Å². The minimum Gasteiger partial charge on any atom is -0.486 e. The van der Waals surface area contributed by atoms with E-state index in [0.29, 0.717) is 42.5 Å². The summed E-state index contributed by atoms with van der Waals surface area (Å²) in [5, 5.41) is 4.81. The summed E-state index contributed by atoms with van der Waals surface area (Å²) in [6, 6.07) is 14.0. The molecule has 28 heavy (non-hydrogen) atoms. The molecule has 144 valence electrons. The van der Waals surface area contributed by atoms with Crippen LogP contribution < -0.4 is 9.47 Å². The van der Waals surface area contributed by atoms with E-state index in [2.05, 4.69) is 27.2 Å². The van der Waals surface area contributed by atoms with Crippen LogP contribution in [0.3, 0.4) is 0 Å². The van der Waals surface area contributed by atoms with Crippen molar-refractivity contribution in [3.8, 4) is 22.9 Å². The summed E-state index contributed by atoms with van der Waals surface area (Å²) >= 11 is 5.95. The highest BCUT2D eigenvalue weighted by molar-refractivity contribution is 6.30. The van der Waals surface area contributed by atoms with Gasteiger partial charge in [0, 0.05) is 16.6 Å². The predicted octanol–water partition coefficient (Wildman–Crippen LogP) is 4.50. The van der Waals surface area contributed by atoms with Crippen LogP contribution in [0.25, 0.3) is 11.4 Å². The normalized spacial score (nSPS) is 19.1. The summed E-state index contributed by atoms with van der Waals surface area (Å²) in [4.78, 5) is 6.94. The molecular formula is C21H20ClN3O3. The van der Waals surface area contributed by atoms with Crippen molar-refractivity contribution in [3.05, 3.63) is 58.9 Å². The zero-order chi connectivity index (χ0) is 18.9. The maximum Gasteiger partial charge on any atom is 0.241 e. The molecule has 1 atom stereocenters. The zero-order valence-electron chi connectivity index (χ0n) is 15.3. The third-order valence-electron chi connectivity index (χ3n) is 5.22. The van der Waals surface area contributed by atoms with Gasteiger partial charge >= 0.3 is 0 Å². The molecule has 0 aliphatic carbocycles. The molecular weight excluding hydrogens is 378 g/mol. The number of ether oxygens (including phenoxy) is 2. The fourth-order valence-corrected chi connectivity index (χ4v) is 4.00. The standard InChI is InChI=1S/C21H20ClN3O3/c22-16-6-3-14(4-7-16)21-23-20(28-24-21)13-25-9-1-2-17(25)15-5-8-18-19(12-15)27-11-10-26-18/h3-8,12,17H,1-2,9-11,13H2. The fraction of sp³-hybridized carbons (Fsp3) is 0.333. The second kappa shape index (κ2) is 7.45. The smallest absolute Gasteiger partial charge is 0.241 e. The fourth-order valence-electron chi connectivity index (χ4n) is 3.87. The van der Waals surface area contributed by atoms with Crippen LogP contribution in [-0.2, 0) is 6.54 Å². The highest BCUT2D eigenvalue weighted by Gasteiger charge is 2.29. The monoisotopic (exact) mass is 397 g/mol. The Labute approximate surface area is 168 Å². The second-order valence-corrected chi connectivity index (χ2v) is 7.49. The van der Waals surface area contributed by atoms with Gasteiger partial charge in [-0.1, -0.05) is 22.8 Å². The van der Waals surface area contributed by atoms with Crippen molar-refractivity contribution in [2.45, 2.75) is 25.4 Å². The molecule has 1 fully saturated rings. The number of likely N-dealkylation sites (tertiary alicyclic amines) is 1. The Balaban J connectivity index is 1.33. The molecule has 6 nitrogen and oxygen atoms in total. The van der Waals surface area contributed by atoms with E-state index >= 15 is 0 Å². The van der Waals surface area contributed by atoms with Crippen LogP contribution in [0.2, 0.25) is 5.02 Å². The van der Waals surface area contributed by atoms with Gasteiger partial charge in [-0.05, 0) is 61.3 Å². The first kappa shape index (κ1) is 17.5. The molecule has 7 heteroatoms. The van der Waals surface area contributed by atoms with Crippen LogP contribution in [0, 0.1) is 0 Å². The number of benzene rings is 2. The number of nitrogens with zero attached hydrogens (tertiary/aromatic N) is 3. The van der Waals surface area contributed by atoms with Gasteiger partial charge in [0.2, 0.25) is 11.7 Å². The largest absolute Gasteiger partial charge is 0.486 e. The van der Waals surface area contributed by atoms with Gasteiger partial charge in [-0.3, -0.25) is 4.90 Å². The average molecular weight is 398 g/mol. The zero-order valence-corrected chi connectivity index (χ0v) is 16.1. The molecule has 3 aromatic rings. The lowest BCUT2D eigenvalue weighted by molar-refractivity contribution is 0.170. The summed E-state index contributed by atoms with van der Waals surface area (Å²) in [5.74, 6) is 2.86. The summed E-state index contributed by atoms with van der Waals surface area (Å²) in [6.45, 7) is 2.83. The Bertz CT molecular complexity index is 973. The Morgan fingerprint density at radius 3 is 2.71 bits per heavy atom. The Morgan fingerprint density at radius 2 is 1.86 bits per heavy atom. The summed E-state index contributed by atoms with van der Waals surface area (Å²) in [7, 11) is 0. The Hall–Kier alpha value is -2.57. The third-order valence-corrected chi connectivity index (χ3v) is 5.48. The summed E-state index contributed by atoms with van der Waals surface area (Å²) in [5.41, 5.74) is 2.13. The molecule has 5 rings (SSSR count). The van der Waals surface area contributed by atoms with Gasteiger partial charge < -0.3 is 14.0 Å². The SMILES string of the molecule is Clc1ccc(-c2noc(CN3CCCC3c3ccc4c(c3)OCCO4)n2)cc1. The van der Waals surface area contributed by atoms with Crippen molar-refractivity contribution in [3.63, 3.8) is 0 Å². The highest BCUT2D eigenvalue weighted by atomic mass is 35.5. The van der Waals surface area contributed by atoms with Crippen molar-refractivity contribution in [1.29, 1.82) is 0 Å². The van der Waals surface area contributed by atoms with Gasteiger partial charge in [0.25, 0.3) is 0 Å². The number of aromatic nitrogens is 2. The molecule has 0 bridgehead atoms. The summed E-state index contributed by atoms with van der Waals surface area (Å²) < 4.78 is 16.9. The lowest BCUT2D eigenvalue weighted by Crippen LogP contribution is -2.23. The van der Waals surface area contributed by atoms with Crippen molar-refractivity contribution in [2.24, 2.45) is 0 Å². The van der Waals surface area contributed by atoms with Gasteiger partial charge in [0.1, 0.15) is 13.2 Å². The van der Waals surface area contributed by atoms with Crippen LogP contribution in [0.5, 0.6) is 11.5 Å². The number of hydrogen-bond acceptors (Lipinski definition) is 6. The molecule has 2 aliphatic rings. The van der Waals surface area contributed by atoms with Gasteiger partial charge in [-0.15, -0.1) is 0 Å². The van der Waals surface area contributed by atoms with Crippen molar-refractivity contribution >= 4 is 11.6 Å². The van der Waals surface area contributed by atoms with Gasteiger partial charge in [-0.25, -0.2) is 0 Å². The second-order valence-electron chi connectivity index (χ2n) is 7.05. The molecule has 0 saturated carbocycles. The molecule has 3 heterocycles. The minimum atomic E-state index is 0.307.